The van der Waals surface area contributed by atoms with Crippen molar-refractivity contribution in [2.24, 2.45) is 0 Å². The Morgan fingerprint density at radius 3 is 2.89 bits per heavy atom. The number of aliphatic carboxylic acids is 1. The lowest BCUT2D eigenvalue weighted by Crippen LogP contribution is -2.46. The van der Waals surface area contributed by atoms with E-state index in [2.05, 4.69) is 5.32 Å². The second-order valence-corrected chi connectivity index (χ2v) is 6.25. The molecule has 2 amide bonds. The average Bonchev–Trinajstić information content (AvgIpc) is 2.96. The van der Waals surface area contributed by atoms with Crippen molar-refractivity contribution >= 4 is 34.9 Å². The fourth-order valence-electron chi connectivity index (χ4n) is 2.17. The van der Waals surface area contributed by atoms with Crippen molar-refractivity contribution in [1.82, 2.24) is 10.2 Å². The molecule has 1 fully saturated rings. The van der Waals surface area contributed by atoms with Crippen LogP contribution in [0, 0.1) is 0 Å². The van der Waals surface area contributed by atoms with E-state index in [9.17, 15) is 9.59 Å². The molecular formula is C12H15ClN2O3S. The van der Waals surface area contributed by atoms with Crippen molar-refractivity contribution in [2.75, 3.05) is 6.54 Å². The van der Waals surface area contributed by atoms with Gasteiger partial charge in [0.25, 0.3) is 0 Å². The van der Waals surface area contributed by atoms with Gasteiger partial charge in [-0.2, -0.15) is 0 Å². The number of likely N-dealkylation sites (tertiary alicyclic amines) is 1. The number of carboxylic acids is 1. The highest BCUT2D eigenvalue weighted by Crippen LogP contribution is 2.27. The van der Waals surface area contributed by atoms with Crippen LogP contribution in [0.2, 0.25) is 4.34 Å². The molecule has 2 heterocycles. The molecule has 1 aliphatic rings. The number of nitrogens with one attached hydrogen (secondary N) is 1. The Labute approximate surface area is 120 Å². The summed E-state index contributed by atoms with van der Waals surface area (Å²) in [6, 6.07) is 2.41. The van der Waals surface area contributed by atoms with Crippen LogP contribution in [0.4, 0.5) is 4.79 Å². The van der Waals surface area contributed by atoms with Crippen LogP contribution in [0.3, 0.4) is 0 Å². The summed E-state index contributed by atoms with van der Waals surface area (Å²) in [7, 11) is 0. The summed E-state index contributed by atoms with van der Waals surface area (Å²) in [5.74, 6) is -0.945. The van der Waals surface area contributed by atoms with E-state index < -0.39 is 12.0 Å². The van der Waals surface area contributed by atoms with Crippen molar-refractivity contribution < 1.29 is 14.7 Å². The lowest BCUT2D eigenvalue weighted by atomic mass is 10.2. The maximum atomic E-state index is 12.1. The number of rotatable bonds is 3. The zero-order chi connectivity index (χ0) is 14.0. The zero-order valence-electron chi connectivity index (χ0n) is 10.4. The van der Waals surface area contributed by atoms with Crippen LogP contribution in [0.1, 0.15) is 30.7 Å². The van der Waals surface area contributed by atoms with E-state index in [1.807, 2.05) is 13.0 Å². The summed E-state index contributed by atoms with van der Waals surface area (Å²) in [5.41, 5.74) is 0. The first kappa shape index (κ1) is 14.1. The van der Waals surface area contributed by atoms with Gasteiger partial charge in [0.1, 0.15) is 6.04 Å². The quantitative estimate of drug-likeness (QED) is 0.902. The van der Waals surface area contributed by atoms with Crippen molar-refractivity contribution in [3.63, 3.8) is 0 Å². The fraction of sp³-hybridized carbons (Fsp3) is 0.500. The number of carbonyl (C=O) groups is 2. The smallest absolute Gasteiger partial charge is 0.326 e. The van der Waals surface area contributed by atoms with Gasteiger partial charge in [-0.3, -0.25) is 0 Å². The molecule has 2 rings (SSSR count). The van der Waals surface area contributed by atoms with Gasteiger partial charge < -0.3 is 15.3 Å². The second-order valence-electron chi connectivity index (χ2n) is 4.50. The minimum Gasteiger partial charge on any atom is -0.480 e. The predicted octanol–water partition coefficient (Wildman–Crippen LogP) is 2.72. The van der Waals surface area contributed by atoms with E-state index in [1.165, 1.54) is 16.2 Å². The summed E-state index contributed by atoms with van der Waals surface area (Å²) in [6.07, 6.45) is 1.24. The zero-order valence-corrected chi connectivity index (χ0v) is 12.0. The van der Waals surface area contributed by atoms with Crippen LogP contribution in [0.25, 0.3) is 0 Å². The van der Waals surface area contributed by atoms with Gasteiger partial charge >= 0.3 is 12.0 Å². The molecule has 5 nitrogen and oxygen atoms in total. The Hall–Kier alpha value is -1.27. The van der Waals surface area contributed by atoms with Gasteiger partial charge in [0.05, 0.1) is 10.4 Å². The summed E-state index contributed by atoms with van der Waals surface area (Å²) < 4.78 is 0.667. The maximum Gasteiger partial charge on any atom is 0.326 e. The van der Waals surface area contributed by atoms with Crippen molar-refractivity contribution in [3.05, 3.63) is 21.3 Å². The van der Waals surface area contributed by atoms with Crippen LogP contribution in [-0.2, 0) is 4.79 Å². The second kappa shape index (κ2) is 5.79. The van der Waals surface area contributed by atoms with Crippen LogP contribution in [-0.4, -0.2) is 34.6 Å². The number of carbonyl (C=O) groups excluding carboxylic acids is 1. The Balaban J connectivity index is 1.99. The third kappa shape index (κ3) is 3.19. The van der Waals surface area contributed by atoms with E-state index in [4.69, 9.17) is 16.7 Å². The molecule has 1 saturated heterocycles. The summed E-state index contributed by atoms with van der Waals surface area (Å²) >= 11 is 7.25. The van der Waals surface area contributed by atoms with Crippen molar-refractivity contribution in [2.45, 2.75) is 31.8 Å². The van der Waals surface area contributed by atoms with Crippen LogP contribution < -0.4 is 5.32 Å². The SMILES string of the molecule is CC(NC(=O)N1CCC[C@H]1C(=O)O)c1ccc(Cl)s1. The van der Waals surface area contributed by atoms with E-state index in [-0.39, 0.29) is 12.1 Å². The van der Waals surface area contributed by atoms with Crippen LogP contribution in [0.15, 0.2) is 12.1 Å². The van der Waals surface area contributed by atoms with Crippen molar-refractivity contribution in [1.29, 1.82) is 0 Å². The normalized spacial score (nSPS) is 20.3. The number of urea groups is 1. The number of amides is 2. The Kier molecular flexibility index (Phi) is 4.31. The highest BCUT2D eigenvalue weighted by Gasteiger charge is 2.34. The molecule has 1 aromatic heterocycles. The van der Waals surface area contributed by atoms with E-state index >= 15 is 0 Å². The first-order chi connectivity index (χ1) is 8.99. The van der Waals surface area contributed by atoms with Crippen LogP contribution in [0.5, 0.6) is 0 Å². The first-order valence-corrected chi connectivity index (χ1v) is 7.23. The molecule has 2 N–H and O–H groups in total. The Morgan fingerprint density at radius 1 is 1.58 bits per heavy atom. The standard InChI is InChI=1S/C12H15ClN2O3S/c1-7(9-4-5-10(13)19-9)14-12(18)15-6-2-3-8(15)11(16)17/h4-5,7-8H,2-3,6H2,1H3,(H,14,18)(H,16,17)/t7?,8-/m0/s1. The highest BCUT2D eigenvalue weighted by molar-refractivity contribution is 7.16. The van der Waals surface area contributed by atoms with Gasteiger partial charge in [0.15, 0.2) is 0 Å². The monoisotopic (exact) mass is 302 g/mol. The van der Waals surface area contributed by atoms with E-state index in [1.54, 1.807) is 6.07 Å². The molecule has 1 unspecified atom stereocenters. The van der Waals surface area contributed by atoms with Gasteiger partial charge in [-0.05, 0) is 31.9 Å². The fourth-order valence-corrected chi connectivity index (χ4v) is 3.23. The van der Waals surface area contributed by atoms with Gasteiger partial charge in [-0.15, -0.1) is 11.3 Å². The first-order valence-electron chi connectivity index (χ1n) is 6.04. The lowest BCUT2D eigenvalue weighted by molar-refractivity contribution is -0.141. The summed E-state index contributed by atoms with van der Waals surface area (Å²) in [4.78, 5) is 25.4. The minimum absolute atomic E-state index is 0.181. The summed E-state index contributed by atoms with van der Waals surface area (Å²) in [6.45, 7) is 2.34. The lowest BCUT2D eigenvalue weighted by Gasteiger charge is -2.24. The molecular weight excluding hydrogens is 288 g/mol. The molecule has 1 aromatic rings. The predicted molar refractivity (Wildman–Crippen MR) is 73.6 cm³/mol. The largest absolute Gasteiger partial charge is 0.480 e. The molecule has 0 spiro atoms. The summed E-state index contributed by atoms with van der Waals surface area (Å²) in [5, 5.41) is 11.9. The molecule has 19 heavy (non-hydrogen) atoms. The topological polar surface area (TPSA) is 69.6 Å². The van der Waals surface area contributed by atoms with E-state index in [0.717, 1.165) is 11.3 Å². The molecule has 0 aromatic carbocycles. The molecule has 0 aliphatic carbocycles. The number of halogens is 1. The Bertz CT molecular complexity index is 491. The van der Waals surface area contributed by atoms with Gasteiger partial charge in [-0.1, -0.05) is 11.6 Å². The number of thiophene rings is 1. The van der Waals surface area contributed by atoms with E-state index in [0.29, 0.717) is 17.3 Å². The van der Waals surface area contributed by atoms with Gasteiger partial charge in [0, 0.05) is 11.4 Å². The van der Waals surface area contributed by atoms with Gasteiger partial charge in [0.2, 0.25) is 0 Å². The molecule has 104 valence electrons. The molecule has 2 atom stereocenters. The third-order valence-electron chi connectivity index (χ3n) is 3.16. The Morgan fingerprint density at radius 2 is 2.32 bits per heavy atom. The molecule has 0 saturated carbocycles. The van der Waals surface area contributed by atoms with Crippen LogP contribution >= 0.6 is 22.9 Å². The highest BCUT2D eigenvalue weighted by atomic mass is 35.5. The number of nitrogens with zero attached hydrogens (tertiary/aromatic N) is 1. The maximum absolute atomic E-state index is 12.1. The molecule has 0 radical (unpaired) electrons. The minimum atomic E-state index is -0.945. The molecule has 0 bridgehead atoms. The third-order valence-corrected chi connectivity index (χ3v) is 4.57. The number of hydrogen-bond acceptors (Lipinski definition) is 3. The number of hydrogen-bond donors (Lipinski definition) is 2. The van der Waals surface area contributed by atoms with Gasteiger partial charge in [-0.25, -0.2) is 9.59 Å². The molecule has 7 heteroatoms. The molecule has 1 aliphatic heterocycles. The average molecular weight is 303 g/mol. The number of carboxylic acid groups (broad SMARTS) is 1. The van der Waals surface area contributed by atoms with Crippen molar-refractivity contribution in [3.8, 4) is 0 Å².